The fourth-order valence-corrected chi connectivity index (χ4v) is 3.14. The number of carbonyl (C=O) groups excluding carboxylic acids is 1. The second-order valence-electron chi connectivity index (χ2n) is 5.63. The molecule has 0 aliphatic carbocycles. The highest BCUT2D eigenvalue weighted by molar-refractivity contribution is 9.10. The van der Waals surface area contributed by atoms with Gasteiger partial charge in [0.1, 0.15) is 0 Å². The summed E-state index contributed by atoms with van der Waals surface area (Å²) in [6, 6.07) is 8.94. The average Bonchev–Trinajstić information content (AvgIpc) is 2.68. The highest BCUT2D eigenvalue weighted by atomic mass is 79.9. The van der Waals surface area contributed by atoms with Crippen LogP contribution < -0.4 is 24.4 Å². The van der Waals surface area contributed by atoms with E-state index in [9.17, 15) is 4.79 Å². The van der Waals surface area contributed by atoms with Gasteiger partial charge < -0.3 is 18.9 Å². The fourth-order valence-electron chi connectivity index (χ4n) is 2.52. The lowest BCUT2D eigenvalue weighted by atomic mass is 10.1. The smallest absolute Gasteiger partial charge is 0.244 e. The minimum atomic E-state index is -0.249. The SMILES string of the molecule is CCOc1cc(/C=N/NC(=O)Cc2ccc(OC)c(OC)c2)cc(Br)c1OC. The molecule has 28 heavy (non-hydrogen) atoms. The van der Waals surface area contributed by atoms with Gasteiger partial charge in [0.05, 0.1) is 45.0 Å². The molecule has 7 nitrogen and oxygen atoms in total. The zero-order valence-electron chi connectivity index (χ0n) is 16.2. The van der Waals surface area contributed by atoms with E-state index in [2.05, 4.69) is 26.5 Å². The number of halogens is 1. The fraction of sp³-hybridized carbons (Fsp3) is 0.300. The van der Waals surface area contributed by atoms with Crippen LogP contribution in [0, 0.1) is 0 Å². The molecule has 2 aromatic carbocycles. The maximum absolute atomic E-state index is 12.1. The Morgan fingerprint density at radius 2 is 1.82 bits per heavy atom. The minimum absolute atomic E-state index is 0.161. The van der Waals surface area contributed by atoms with Gasteiger partial charge in [-0.2, -0.15) is 5.10 Å². The summed E-state index contributed by atoms with van der Waals surface area (Å²) < 4.78 is 22.1. The number of hydrazone groups is 1. The number of hydrogen-bond donors (Lipinski definition) is 1. The van der Waals surface area contributed by atoms with Crippen molar-refractivity contribution in [1.82, 2.24) is 5.43 Å². The summed E-state index contributed by atoms with van der Waals surface area (Å²) in [5.41, 5.74) is 4.06. The lowest BCUT2D eigenvalue weighted by Crippen LogP contribution is -2.19. The van der Waals surface area contributed by atoms with Gasteiger partial charge in [-0.3, -0.25) is 4.79 Å². The van der Waals surface area contributed by atoms with E-state index in [4.69, 9.17) is 18.9 Å². The molecule has 150 valence electrons. The van der Waals surface area contributed by atoms with Crippen LogP contribution in [0.2, 0.25) is 0 Å². The maximum atomic E-state index is 12.1. The molecule has 0 spiro atoms. The summed E-state index contributed by atoms with van der Waals surface area (Å²) in [5, 5.41) is 4.01. The van der Waals surface area contributed by atoms with Crippen LogP contribution in [0.15, 0.2) is 39.9 Å². The zero-order chi connectivity index (χ0) is 20.5. The Morgan fingerprint density at radius 3 is 2.46 bits per heavy atom. The predicted molar refractivity (Wildman–Crippen MR) is 111 cm³/mol. The highest BCUT2D eigenvalue weighted by Crippen LogP contribution is 2.36. The van der Waals surface area contributed by atoms with Crippen molar-refractivity contribution in [2.24, 2.45) is 5.10 Å². The van der Waals surface area contributed by atoms with Gasteiger partial charge in [-0.05, 0) is 58.2 Å². The first kappa shape index (κ1) is 21.6. The molecule has 0 atom stereocenters. The number of nitrogens with zero attached hydrogens (tertiary/aromatic N) is 1. The number of nitrogens with one attached hydrogen (secondary N) is 1. The molecule has 0 saturated heterocycles. The molecule has 0 unspecified atom stereocenters. The van der Waals surface area contributed by atoms with Crippen LogP contribution in [0.5, 0.6) is 23.0 Å². The first-order chi connectivity index (χ1) is 13.5. The second kappa shape index (κ2) is 10.6. The van der Waals surface area contributed by atoms with Gasteiger partial charge in [-0.1, -0.05) is 6.07 Å². The molecular formula is C20H23BrN2O5. The lowest BCUT2D eigenvalue weighted by Gasteiger charge is -2.11. The molecule has 2 rings (SSSR count). The van der Waals surface area contributed by atoms with Crippen LogP contribution in [0.3, 0.4) is 0 Å². The van der Waals surface area contributed by atoms with Crippen molar-refractivity contribution >= 4 is 28.1 Å². The molecule has 8 heteroatoms. The van der Waals surface area contributed by atoms with Crippen LogP contribution in [0.25, 0.3) is 0 Å². The Bertz CT molecular complexity index is 855. The molecule has 2 aromatic rings. The van der Waals surface area contributed by atoms with Crippen molar-refractivity contribution in [3.8, 4) is 23.0 Å². The van der Waals surface area contributed by atoms with E-state index in [1.807, 2.05) is 13.0 Å². The Hall–Kier alpha value is -2.74. The van der Waals surface area contributed by atoms with Gasteiger partial charge in [-0.15, -0.1) is 0 Å². The average molecular weight is 451 g/mol. The van der Waals surface area contributed by atoms with E-state index >= 15 is 0 Å². The van der Waals surface area contributed by atoms with Crippen LogP contribution in [0.4, 0.5) is 0 Å². The quantitative estimate of drug-likeness (QED) is 0.466. The van der Waals surface area contributed by atoms with Crippen LogP contribution >= 0.6 is 15.9 Å². The third kappa shape index (κ3) is 5.63. The highest BCUT2D eigenvalue weighted by Gasteiger charge is 2.11. The number of hydrogen-bond acceptors (Lipinski definition) is 6. The number of carbonyl (C=O) groups is 1. The van der Waals surface area contributed by atoms with Gasteiger partial charge >= 0.3 is 0 Å². The van der Waals surface area contributed by atoms with E-state index in [0.717, 1.165) is 15.6 Å². The molecule has 1 N–H and O–H groups in total. The van der Waals surface area contributed by atoms with Gasteiger partial charge in [0, 0.05) is 0 Å². The van der Waals surface area contributed by atoms with E-state index in [0.29, 0.717) is 29.6 Å². The van der Waals surface area contributed by atoms with E-state index in [-0.39, 0.29) is 12.3 Å². The van der Waals surface area contributed by atoms with Crippen molar-refractivity contribution in [2.45, 2.75) is 13.3 Å². The maximum Gasteiger partial charge on any atom is 0.244 e. The molecule has 0 aromatic heterocycles. The normalized spacial score (nSPS) is 10.6. The molecule has 0 aliphatic rings. The van der Waals surface area contributed by atoms with Crippen LogP contribution in [-0.4, -0.2) is 40.1 Å². The second-order valence-corrected chi connectivity index (χ2v) is 6.48. The Labute approximate surface area is 172 Å². The molecule has 0 fully saturated rings. The number of rotatable bonds is 9. The third-order valence-corrected chi connectivity index (χ3v) is 4.34. The molecule has 0 bridgehead atoms. The van der Waals surface area contributed by atoms with Gasteiger partial charge in [-0.25, -0.2) is 5.43 Å². The molecule has 1 amide bonds. The lowest BCUT2D eigenvalue weighted by molar-refractivity contribution is -0.120. The summed E-state index contributed by atoms with van der Waals surface area (Å²) in [5.74, 6) is 2.14. The molecule has 0 aliphatic heterocycles. The Kier molecular flexibility index (Phi) is 8.13. The molecule has 0 radical (unpaired) electrons. The van der Waals surface area contributed by atoms with Crippen molar-refractivity contribution < 1.29 is 23.7 Å². The topological polar surface area (TPSA) is 78.4 Å². The van der Waals surface area contributed by atoms with E-state index < -0.39 is 0 Å². The Morgan fingerprint density at radius 1 is 1.07 bits per heavy atom. The summed E-state index contributed by atoms with van der Waals surface area (Å²) >= 11 is 3.44. The third-order valence-electron chi connectivity index (χ3n) is 3.75. The number of ether oxygens (including phenoxy) is 4. The number of amides is 1. The van der Waals surface area contributed by atoms with E-state index in [1.54, 1.807) is 51.8 Å². The van der Waals surface area contributed by atoms with Crippen molar-refractivity contribution in [1.29, 1.82) is 0 Å². The summed E-state index contributed by atoms with van der Waals surface area (Å²) in [6.07, 6.45) is 1.70. The summed E-state index contributed by atoms with van der Waals surface area (Å²) in [7, 11) is 4.69. The summed E-state index contributed by atoms with van der Waals surface area (Å²) in [4.78, 5) is 12.1. The van der Waals surface area contributed by atoms with Crippen LogP contribution in [0.1, 0.15) is 18.1 Å². The number of benzene rings is 2. The molecule has 0 saturated carbocycles. The van der Waals surface area contributed by atoms with Crippen LogP contribution in [-0.2, 0) is 11.2 Å². The predicted octanol–water partition coefficient (Wildman–Crippen LogP) is 3.57. The van der Waals surface area contributed by atoms with E-state index in [1.165, 1.54) is 0 Å². The monoisotopic (exact) mass is 450 g/mol. The van der Waals surface area contributed by atoms with Gasteiger partial charge in [0.2, 0.25) is 5.91 Å². The first-order valence-corrected chi connectivity index (χ1v) is 9.34. The molecule has 0 heterocycles. The summed E-state index contributed by atoms with van der Waals surface area (Å²) in [6.45, 7) is 2.40. The Balaban J connectivity index is 2.03. The van der Waals surface area contributed by atoms with Crippen molar-refractivity contribution in [2.75, 3.05) is 27.9 Å². The van der Waals surface area contributed by atoms with Gasteiger partial charge in [0.15, 0.2) is 23.0 Å². The van der Waals surface area contributed by atoms with Gasteiger partial charge in [0.25, 0.3) is 0 Å². The zero-order valence-corrected chi connectivity index (χ0v) is 17.8. The molecular weight excluding hydrogens is 428 g/mol. The van der Waals surface area contributed by atoms with Crippen molar-refractivity contribution in [3.05, 3.63) is 45.9 Å². The number of methoxy groups -OCH3 is 3. The standard InChI is InChI=1S/C20H23BrN2O5/c1-5-28-18-10-14(8-15(21)20(18)27-4)12-22-23-19(24)11-13-6-7-16(25-2)17(9-13)26-3/h6-10,12H,5,11H2,1-4H3,(H,23,24)/b22-12+. The first-order valence-electron chi connectivity index (χ1n) is 8.55. The largest absolute Gasteiger partial charge is 0.493 e. The minimum Gasteiger partial charge on any atom is -0.493 e. The van der Waals surface area contributed by atoms with Crippen molar-refractivity contribution in [3.63, 3.8) is 0 Å².